The van der Waals surface area contributed by atoms with Crippen LogP contribution in [0.15, 0.2) is 24.3 Å². The summed E-state index contributed by atoms with van der Waals surface area (Å²) < 4.78 is 15.4. The molecule has 19 heavy (non-hydrogen) atoms. The van der Waals surface area contributed by atoms with Crippen LogP contribution < -0.4 is 10.1 Å². The topological polar surface area (TPSA) is 56.8 Å². The maximum Gasteiger partial charge on any atom is 0.331 e. The molecular weight excluding hydrogens is 246 g/mol. The summed E-state index contributed by atoms with van der Waals surface area (Å²) in [7, 11) is 3.03. The van der Waals surface area contributed by atoms with Gasteiger partial charge in [-0.2, -0.15) is 0 Å². The molecule has 1 aromatic carbocycles. The minimum atomic E-state index is -0.693. The van der Waals surface area contributed by atoms with E-state index in [1.165, 1.54) is 7.11 Å². The summed E-state index contributed by atoms with van der Waals surface area (Å²) in [5, 5.41) is 3.29. The molecule has 1 aromatic rings. The molecule has 0 radical (unpaired) electrons. The Hall–Kier alpha value is -1.75. The molecule has 0 aliphatic carbocycles. The molecular formula is C14H19NO4. The smallest absolute Gasteiger partial charge is 0.331 e. The predicted molar refractivity (Wildman–Crippen MR) is 71.4 cm³/mol. The van der Waals surface area contributed by atoms with Crippen LogP contribution in [0.25, 0.3) is 0 Å². The molecule has 0 bridgehead atoms. The van der Waals surface area contributed by atoms with E-state index in [4.69, 9.17) is 14.2 Å². The number of ether oxygens (including phenoxy) is 3. The molecule has 0 aromatic heterocycles. The van der Waals surface area contributed by atoms with Gasteiger partial charge in [0.1, 0.15) is 11.3 Å². The van der Waals surface area contributed by atoms with E-state index in [-0.39, 0.29) is 5.97 Å². The molecule has 0 amide bonds. The number of hydrogen-bond donors (Lipinski definition) is 1. The van der Waals surface area contributed by atoms with Crippen LogP contribution in [0, 0.1) is 0 Å². The second-order valence-corrected chi connectivity index (χ2v) is 4.54. The SMILES string of the molecule is COC(=O)C1(Nc2ccc(OC)cc2)CCOCC1. The molecule has 1 fully saturated rings. The van der Waals surface area contributed by atoms with Crippen LogP contribution in [0.3, 0.4) is 0 Å². The second kappa shape index (κ2) is 5.93. The summed E-state index contributed by atoms with van der Waals surface area (Å²) in [5.41, 5.74) is 0.176. The first-order chi connectivity index (χ1) is 9.20. The molecule has 1 N–H and O–H groups in total. The van der Waals surface area contributed by atoms with Gasteiger partial charge in [-0.1, -0.05) is 0 Å². The van der Waals surface area contributed by atoms with Crippen LogP contribution >= 0.6 is 0 Å². The molecule has 0 unspecified atom stereocenters. The second-order valence-electron chi connectivity index (χ2n) is 4.54. The van der Waals surface area contributed by atoms with Gasteiger partial charge >= 0.3 is 5.97 Å². The molecule has 0 spiro atoms. The van der Waals surface area contributed by atoms with Crippen molar-refractivity contribution < 1.29 is 19.0 Å². The van der Waals surface area contributed by atoms with Crippen molar-refractivity contribution in [2.75, 3.05) is 32.8 Å². The molecule has 5 nitrogen and oxygen atoms in total. The van der Waals surface area contributed by atoms with Gasteiger partial charge in [0.05, 0.1) is 14.2 Å². The molecule has 104 valence electrons. The van der Waals surface area contributed by atoms with Crippen molar-refractivity contribution in [3.63, 3.8) is 0 Å². The third-order valence-electron chi connectivity index (χ3n) is 3.40. The van der Waals surface area contributed by atoms with Gasteiger partial charge in [0.2, 0.25) is 0 Å². The Bertz CT molecular complexity index is 424. The van der Waals surface area contributed by atoms with E-state index in [1.54, 1.807) is 7.11 Å². The Labute approximate surface area is 112 Å². The van der Waals surface area contributed by atoms with E-state index in [2.05, 4.69) is 5.32 Å². The summed E-state index contributed by atoms with van der Waals surface area (Å²) in [5.74, 6) is 0.538. The Kier molecular flexibility index (Phi) is 4.27. The minimum Gasteiger partial charge on any atom is -0.497 e. The largest absolute Gasteiger partial charge is 0.497 e. The number of methoxy groups -OCH3 is 2. The fourth-order valence-electron chi connectivity index (χ4n) is 2.25. The van der Waals surface area contributed by atoms with Crippen LogP contribution in [-0.4, -0.2) is 38.9 Å². The first-order valence-electron chi connectivity index (χ1n) is 6.28. The van der Waals surface area contributed by atoms with Crippen LogP contribution in [-0.2, 0) is 14.3 Å². The summed E-state index contributed by atoms with van der Waals surface area (Å²) in [6, 6.07) is 7.48. The van der Waals surface area contributed by atoms with Crippen LogP contribution in [0.1, 0.15) is 12.8 Å². The zero-order valence-electron chi connectivity index (χ0n) is 11.3. The molecule has 5 heteroatoms. The van der Waals surface area contributed by atoms with Crippen LogP contribution in [0.4, 0.5) is 5.69 Å². The fourth-order valence-corrected chi connectivity index (χ4v) is 2.25. The van der Waals surface area contributed by atoms with Gasteiger partial charge in [-0.05, 0) is 24.3 Å². The van der Waals surface area contributed by atoms with E-state index in [1.807, 2.05) is 24.3 Å². The van der Waals surface area contributed by atoms with Gasteiger partial charge in [-0.15, -0.1) is 0 Å². The van der Waals surface area contributed by atoms with Crippen LogP contribution in [0.5, 0.6) is 5.75 Å². The van der Waals surface area contributed by atoms with Gasteiger partial charge in [-0.3, -0.25) is 0 Å². The minimum absolute atomic E-state index is 0.244. The Morgan fingerprint density at radius 2 is 1.84 bits per heavy atom. The lowest BCUT2D eigenvalue weighted by molar-refractivity contribution is -0.149. The Balaban J connectivity index is 2.17. The normalized spacial score (nSPS) is 17.6. The van der Waals surface area contributed by atoms with Crippen molar-refractivity contribution in [2.45, 2.75) is 18.4 Å². The lowest BCUT2D eigenvalue weighted by Gasteiger charge is -2.36. The molecule has 1 aliphatic rings. The average Bonchev–Trinajstić information content (AvgIpc) is 2.48. The highest BCUT2D eigenvalue weighted by molar-refractivity contribution is 5.84. The van der Waals surface area contributed by atoms with E-state index >= 15 is 0 Å². The van der Waals surface area contributed by atoms with E-state index in [0.29, 0.717) is 26.1 Å². The first-order valence-corrected chi connectivity index (χ1v) is 6.28. The van der Waals surface area contributed by atoms with E-state index in [9.17, 15) is 4.79 Å². The van der Waals surface area contributed by atoms with Crippen molar-refractivity contribution >= 4 is 11.7 Å². The lowest BCUT2D eigenvalue weighted by atomic mass is 9.89. The number of carbonyl (C=O) groups excluding carboxylic acids is 1. The highest BCUT2D eigenvalue weighted by Crippen LogP contribution is 2.28. The maximum absolute atomic E-state index is 12.1. The van der Waals surface area contributed by atoms with Gasteiger partial charge < -0.3 is 19.5 Å². The summed E-state index contributed by atoms with van der Waals surface area (Å²) in [6.45, 7) is 1.11. The van der Waals surface area contributed by atoms with Gasteiger partial charge in [-0.25, -0.2) is 4.79 Å². The van der Waals surface area contributed by atoms with Crippen molar-refractivity contribution in [1.82, 2.24) is 0 Å². The molecule has 1 saturated heterocycles. The van der Waals surface area contributed by atoms with Crippen molar-refractivity contribution in [3.8, 4) is 5.75 Å². The lowest BCUT2D eigenvalue weighted by Crippen LogP contribution is -2.51. The molecule has 1 heterocycles. The third-order valence-corrected chi connectivity index (χ3v) is 3.40. The van der Waals surface area contributed by atoms with Crippen LogP contribution in [0.2, 0.25) is 0 Å². The molecule has 0 saturated carbocycles. The van der Waals surface area contributed by atoms with Gasteiger partial charge in [0, 0.05) is 31.7 Å². The quantitative estimate of drug-likeness (QED) is 0.842. The number of benzene rings is 1. The predicted octanol–water partition coefficient (Wildman–Crippen LogP) is 1.83. The Morgan fingerprint density at radius 1 is 1.21 bits per heavy atom. The molecule has 1 aliphatic heterocycles. The first kappa shape index (κ1) is 13.7. The van der Waals surface area contributed by atoms with Crippen molar-refractivity contribution in [1.29, 1.82) is 0 Å². The molecule has 2 rings (SSSR count). The monoisotopic (exact) mass is 265 g/mol. The number of hydrogen-bond acceptors (Lipinski definition) is 5. The molecule has 0 atom stereocenters. The Morgan fingerprint density at radius 3 is 2.37 bits per heavy atom. The number of nitrogens with one attached hydrogen (secondary N) is 1. The zero-order valence-corrected chi connectivity index (χ0v) is 11.3. The number of rotatable bonds is 4. The maximum atomic E-state index is 12.1. The van der Waals surface area contributed by atoms with E-state index < -0.39 is 5.54 Å². The number of anilines is 1. The highest BCUT2D eigenvalue weighted by Gasteiger charge is 2.41. The third kappa shape index (κ3) is 2.98. The average molecular weight is 265 g/mol. The zero-order chi connectivity index (χ0) is 13.7. The summed E-state index contributed by atoms with van der Waals surface area (Å²) >= 11 is 0. The highest BCUT2D eigenvalue weighted by atomic mass is 16.5. The number of esters is 1. The summed E-state index contributed by atoms with van der Waals surface area (Å²) in [6.07, 6.45) is 1.21. The fraction of sp³-hybridized carbons (Fsp3) is 0.500. The standard InChI is InChI=1S/C14H19NO4/c1-17-12-5-3-11(4-6-12)15-14(13(16)18-2)7-9-19-10-8-14/h3-6,15H,7-10H2,1-2H3. The van der Waals surface area contributed by atoms with Gasteiger partial charge in [0.15, 0.2) is 0 Å². The van der Waals surface area contributed by atoms with Crippen molar-refractivity contribution in [3.05, 3.63) is 24.3 Å². The summed E-state index contributed by atoms with van der Waals surface area (Å²) in [4.78, 5) is 12.1. The van der Waals surface area contributed by atoms with Crippen molar-refractivity contribution in [2.24, 2.45) is 0 Å². The van der Waals surface area contributed by atoms with Gasteiger partial charge in [0.25, 0.3) is 0 Å². The van der Waals surface area contributed by atoms with E-state index in [0.717, 1.165) is 11.4 Å². The number of carbonyl (C=O) groups is 1.